The van der Waals surface area contributed by atoms with Gasteiger partial charge in [-0.2, -0.15) is 0 Å². The number of rotatable bonds is 7. The molecule has 0 bridgehead atoms. The van der Waals surface area contributed by atoms with Crippen LogP contribution >= 0.6 is 0 Å². The first kappa shape index (κ1) is 13.6. The van der Waals surface area contributed by atoms with Crippen LogP contribution in [0.15, 0.2) is 18.5 Å². The Morgan fingerprint density at radius 3 is 3.06 bits per heavy atom. The molecule has 0 aliphatic carbocycles. The molecule has 0 atom stereocenters. The standard InChI is InChI=1S/C12H19N3O2/c1-10-2-5-14-8-11(10)9-15-12(16)3-6-17-7-4-13/h2,5,8H,3-4,6-7,9,13H2,1H3,(H,15,16). The van der Waals surface area contributed by atoms with Crippen LogP contribution in [0.5, 0.6) is 0 Å². The molecule has 1 heterocycles. The summed E-state index contributed by atoms with van der Waals surface area (Å²) >= 11 is 0. The molecule has 0 aliphatic rings. The van der Waals surface area contributed by atoms with Crippen molar-refractivity contribution in [2.45, 2.75) is 19.9 Å². The van der Waals surface area contributed by atoms with Gasteiger partial charge in [-0.25, -0.2) is 0 Å². The molecule has 1 amide bonds. The van der Waals surface area contributed by atoms with Gasteiger partial charge in [-0.3, -0.25) is 9.78 Å². The van der Waals surface area contributed by atoms with Gasteiger partial charge in [-0.05, 0) is 24.1 Å². The number of nitrogens with zero attached hydrogens (tertiary/aromatic N) is 1. The topological polar surface area (TPSA) is 77.2 Å². The zero-order chi connectivity index (χ0) is 12.5. The molecule has 5 nitrogen and oxygen atoms in total. The molecule has 0 radical (unpaired) electrons. The highest BCUT2D eigenvalue weighted by Gasteiger charge is 2.02. The number of ether oxygens (including phenoxy) is 1. The number of carbonyl (C=O) groups excluding carboxylic acids is 1. The van der Waals surface area contributed by atoms with Crippen LogP contribution in [0.1, 0.15) is 17.5 Å². The number of hydrogen-bond donors (Lipinski definition) is 2. The Bertz CT molecular complexity index is 355. The van der Waals surface area contributed by atoms with Crippen LogP contribution in [0, 0.1) is 6.92 Å². The van der Waals surface area contributed by atoms with Gasteiger partial charge < -0.3 is 15.8 Å². The maximum Gasteiger partial charge on any atom is 0.222 e. The van der Waals surface area contributed by atoms with Crippen molar-refractivity contribution >= 4 is 5.91 Å². The third kappa shape index (κ3) is 5.42. The van der Waals surface area contributed by atoms with E-state index < -0.39 is 0 Å². The Morgan fingerprint density at radius 2 is 2.35 bits per heavy atom. The molecule has 5 heteroatoms. The lowest BCUT2D eigenvalue weighted by molar-refractivity contribution is -0.122. The van der Waals surface area contributed by atoms with Gasteiger partial charge in [0.2, 0.25) is 5.91 Å². The van der Waals surface area contributed by atoms with Crippen molar-refractivity contribution in [2.24, 2.45) is 5.73 Å². The highest BCUT2D eigenvalue weighted by Crippen LogP contribution is 2.03. The number of nitrogens with two attached hydrogens (primary N) is 1. The molecule has 1 aromatic heterocycles. The van der Waals surface area contributed by atoms with Crippen molar-refractivity contribution in [1.29, 1.82) is 0 Å². The molecule has 0 spiro atoms. The van der Waals surface area contributed by atoms with Gasteiger partial charge in [0.1, 0.15) is 0 Å². The SMILES string of the molecule is Cc1ccncc1CNC(=O)CCOCCN. The second kappa shape index (κ2) is 7.76. The van der Waals surface area contributed by atoms with Crippen LogP contribution < -0.4 is 11.1 Å². The predicted octanol–water partition coefficient (Wildman–Crippen LogP) is 0.372. The third-order valence-electron chi connectivity index (χ3n) is 2.36. The van der Waals surface area contributed by atoms with Gasteiger partial charge in [0.05, 0.1) is 13.2 Å². The minimum Gasteiger partial charge on any atom is -0.380 e. The van der Waals surface area contributed by atoms with E-state index in [1.807, 2.05) is 13.0 Å². The Hall–Kier alpha value is -1.46. The zero-order valence-corrected chi connectivity index (χ0v) is 10.1. The first-order chi connectivity index (χ1) is 8.24. The second-order valence-corrected chi connectivity index (χ2v) is 3.73. The molecule has 1 aromatic rings. The van der Waals surface area contributed by atoms with Crippen molar-refractivity contribution in [1.82, 2.24) is 10.3 Å². The van der Waals surface area contributed by atoms with Crippen molar-refractivity contribution in [3.63, 3.8) is 0 Å². The van der Waals surface area contributed by atoms with Crippen LogP contribution in [-0.4, -0.2) is 30.6 Å². The maximum atomic E-state index is 11.4. The predicted molar refractivity (Wildman–Crippen MR) is 65.3 cm³/mol. The molecule has 1 rings (SSSR count). The molecular weight excluding hydrogens is 218 g/mol. The number of nitrogens with one attached hydrogen (secondary N) is 1. The summed E-state index contributed by atoms with van der Waals surface area (Å²) in [6.07, 6.45) is 3.86. The smallest absolute Gasteiger partial charge is 0.222 e. The van der Waals surface area contributed by atoms with Crippen molar-refractivity contribution in [3.05, 3.63) is 29.6 Å². The highest BCUT2D eigenvalue weighted by molar-refractivity contribution is 5.75. The van der Waals surface area contributed by atoms with E-state index in [-0.39, 0.29) is 5.91 Å². The van der Waals surface area contributed by atoms with Crippen LogP contribution in [-0.2, 0) is 16.1 Å². The van der Waals surface area contributed by atoms with Gasteiger partial charge >= 0.3 is 0 Å². The van der Waals surface area contributed by atoms with Crippen LogP contribution in [0.3, 0.4) is 0 Å². The van der Waals surface area contributed by atoms with E-state index in [1.54, 1.807) is 12.4 Å². The zero-order valence-electron chi connectivity index (χ0n) is 10.1. The second-order valence-electron chi connectivity index (χ2n) is 3.73. The molecule has 94 valence electrons. The quantitative estimate of drug-likeness (QED) is 0.672. The minimum absolute atomic E-state index is 0.0229. The average molecular weight is 237 g/mol. The van der Waals surface area contributed by atoms with E-state index >= 15 is 0 Å². The van der Waals surface area contributed by atoms with Crippen molar-refractivity contribution in [3.8, 4) is 0 Å². The molecule has 0 fully saturated rings. The van der Waals surface area contributed by atoms with Gasteiger partial charge in [0.15, 0.2) is 0 Å². The summed E-state index contributed by atoms with van der Waals surface area (Å²) < 4.78 is 5.13. The van der Waals surface area contributed by atoms with Gasteiger partial charge in [0.25, 0.3) is 0 Å². The molecule has 3 N–H and O–H groups in total. The third-order valence-corrected chi connectivity index (χ3v) is 2.36. The molecule has 0 unspecified atom stereocenters. The van der Waals surface area contributed by atoms with E-state index in [0.29, 0.717) is 32.7 Å². The van der Waals surface area contributed by atoms with E-state index in [9.17, 15) is 4.79 Å². The number of aromatic nitrogens is 1. The number of amides is 1. The Morgan fingerprint density at radius 1 is 1.53 bits per heavy atom. The fraction of sp³-hybridized carbons (Fsp3) is 0.500. The van der Waals surface area contributed by atoms with Gasteiger partial charge in [-0.15, -0.1) is 0 Å². The fourth-order valence-electron chi connectivity index (χ4n) is 1.31. The lowest BCUT2D eigenvalue weighted by atomic mass is 10.1. The summed E-state index contributed by atoms with van der Waals surface area (Å²) in [5, 5.41) is 2.83. The summed E-state index contributed by atoms with van der Waals surface area (Å²) in [7, 11) is 0. The first-order valence-corrected chi connectivity index (χ1v) is 5.68. The number of carbonyl (C=O) groups is 1. The fourth-order valence-corrected chi connectivity index (χ4v) is 1.31. The van der Waals surface area contributed by atoms with Crippen molar-refractivity contribution in [2.75, 3.05) is 19.8 Å². The summed E-state index contributed by atoms with van der Waals surface area (Å²) in [5.74, 6) is -0.0229. The van der Waals surface area contributed by atoms with Crippen LogP contribution in [0.2, 0.25) is 0 Å². The normalized spacial score (nSPS) is 10.2. The van der Waals surface area contributed by atoms with E-state index in [0.717, 1.165) is 11.1 Å². The van der Waals surface area contributed by atoms with E-state index in [1.165, 1.54) is 0 Å². The number of aryl methyl sites for hydroxylation is 1. The first-order valence-electron chi connectivity index (χ1n) is 5.68. The lowest BCUT2D eigenvalue weighted by Gasteiger charge is -2.07. The molecule has 0 saturated carbocycles. The van der Waals surface area contributed by atoms with Crippen LogP contribution in [0.4, 0.5) is 0 Å². The summed E-state index contributed by atoms with van der Waals surface area (Å²) in [6, 6.07) is 1.92. The Kier molecular flexibility index (Phi) is 6.21. The monoisotopic (exact) mass is 237 g/mol. The molecule has 0 aromatic carbocycles. The highest BCUT2D eigenvalue weighted by atomic mass is 16.5. The molecule has 17 heavy (non-hydrogen) atoms. The number of pyridine rings is 1. The van der Waals surface area contributed by atoms with Gasteiger partial charge in [0, 0.05) is 31.9 Å². The summed E-state index contributed by atoms with van der Waals surface area (Å²) in [4.78, 5) is 15.5. The lowest BCUT2D eigenvalue weighted by Crippen LogP contribution is -2.24. The molecule has 0 aliphatic heterocycles. The van der Waals surface area contributed by atoms with E-state index in [4.69, 9.17) is 10.5 Å². The van der Waals surface area contributed by atoms with E-state index in [2.05, 4.69) is 10.3 Å². The van der Waals surface area contributed by atoms with Crippen LogP contribution in [0.25, 0.3) is 0 Å². The minimum atomic E-state index is -0.0229. The summed E-state index contributed by atoms with van der Waals surface area (Å²) in [5.41, 5.74) is 7.42. The van der Waals surface area contributed by atoms with Crippen molar-refractivity contribution < 1.29 is 9.53 Å². The summed E-state index contributed by atoms with van der Waals surface area (Å²) in [6.45, 7) is 3.89. The van der Waals surface area contributed by atoms with Gasteiger partial charge in [-0.1, -0.05) is 0 Å². The molecule has 0 saturated heterocycles. The molecular formula is C12H19N3O2. The largest absolute Gasteiger partial charge is 0.380 e. The number of hydrogen-bond acceptors (Lipinski definition) is 4. The average Bonchev–Trinajstić information content (AvgIpc) is 2.34. The maximum absolute atomic E-state index is 11.4. The Balaban J connectivity index is 2.22. The Labute approximate surface area is 101 Å².